The first-order valence-electron chi connectivity index (χ1n) is 6.31. The summed E-state index contributed by atoms with van der Waals surface area (Å²) < 4.78 is 12.9. The molecule has 1 saturated heterocycles. The van der Waals surface area contributed by atoms with Crippen molar-refractivity contribution < 1.29 is 9.18 Å². The summed E-state index contributed by atoms with van der Waals surface area (Å²) in [7, 11) is 2.08. The maximum Gasteiger partial charge on any atom is 0.225 e. The number of nitrogens with zero attached hydrogens (tertiary/aromatic N) is 1. The van der Waals surface area contributed by atoms with E-state index in [-0.39, 0.29) is 23.6 Å². The number of amides is 1. The van der Waals surface area contributed by atoms with Gasteiger partial charge in [-0.05, 0) is 56.6 Å². The highest BCUT2D eigenvalue weighted by Gasteiger charge is 2.30. The van der Waals surface area contributed by atoms with E-state index >= 15 is 0 Å². The maximum atomic E-state index is 12.9. The van der Waals surface area contributed by atoms with Gasteiger partial charge in [-0.3, -0.25) is 4.79 Å². The topological polar surface area (TPSA) is 46.3 Å². The van der Waals surface area contributed by atoms with Crippen LogP contribution in [0.5, 0.6) is 0 Å². The predicted molar refractivity (Wildman–Crippen MR) is 68.6 cm³/mol. The van der Waals surface area contributed by atoms with Crippen LogP contribution in [0.3, 0.4) is 0 Å². The molecule has 1 aliphatic rings. The fourth-order valence-electron chi connectivity index (χ4n) is 2.70. The number of halogens is 1. The molecule has 1 amide bonds. The minimum atomic E-state index is -0.309. The van der Waals surface area contributed by atoms with Crippen molar-refractivity contribution in [1.29, 1.82) is 0 Å². The van der Waals surface area contributed by atoms with Crippen LogP contribution in [0.15, 0.2) is 24.3 Å². The molecule has 1 aromatic rings. The van der Waals surface area contributed by atoms with Crippen LogP contribution in [0.2, 0.25) is 0 Å². The Kier molecular flexibility index (Phi) is 3.97. The van der Waals surface area contributed by atoms with E-state index in [0.717, 1.165) is 31.5 Å². The van der Waals surface area contributed by atoms with E-state index in [4.69, 9.17) is 5.73 Å². The van der Waals surface area contributed by atoms with Gasteiger partial charge in [0.15, 0.2) is 0 Å². The maximum absolute atomic E-state index is 12.9. The first-order chi connectivity index (χ1) is 8.58. The monoisotopic (exact) mass is 250 g/mol. The van der Waals surface area contributed by atoms with Crippen molar-refractivity contribution in [3.63, 3.8) is 0 Å². The molecule has 0 aliphatic carbocycles. The second kappa shape index (κ2) is 5.48. The molecule has 0 saturated carbocycles. The van der Waals surface area contributed by atoms with Gasteiger partial charge in [0.25, 0.3) is 0 Å². The minimum absolute atomic E-state index is 0.268. The molecule has 0 spiro atoms. The Hall–Kier alpha value is -1.42. The lowest BCUT2D eigenvalue weighted by atomic mass is 9.79. The van der Waals surface area contributed by atoms with Crippen LogP contribution in [0.1, 0.15) is 24.3 Å². The molecule has 1 atom stereocenters. The Morgan fingerprint density at radius 1 is 1.33 bits per heavy atom. The number of carbonyl (C=O) groups excluding carboxylic acids is 1. The SMILES string of the molecule is CN1CCC(C(C(N)=O)c2ccc(F)cc2)CC1. The van der Waals surface area contributed by atoms with Gasteiger partial charge in [0.05, 0.1) is 5.92 Å². The molecule has 1 heterocycles. The van der Waals surface area contributed by atoms with Gasteiger partial charge in [-0.1, -0.05) is 12.1 Å². The van der Waals surface area contributed by atoms with Crippen molar-refractivity contribution in [2.24, 2.45) is 11.7 Å². The van der Waals surface area contributed by atoms with Crippen LogP contribution < -0.4 is 5.73 Å². The quantitative estimate of drug-likeness (QED) is 0.888. The fourth-order valence-corrected chi connectivity index (χ4v) is 2.70. The molecule has 0 aromatic heterocycles. The van der Waals surface area contributed by atoms with Gasteiger partial charge < -0.3 is 10.6 Å². The third-order valence-electron chi connectivity index (χ3n) is 3.77. The number of hydrogen-bond acceptors (Lipinski definition) is 2. The highest BCUT2D eigenvalue weighted by Crippen LogP contribution is 2.32. The van der Waals surface area contributed by atoms with Gasteiger partial charge in [-0.25, -0.2) is 4.39 Å². The number of nitrogens with two attached hydrogens (primary N) is 1. The summed E-state index contributed by atoms with van der Waals surface area (Å²) in [6.45, 7) is 1.96. The highest BCUT2D eigenvalue weighted by atomic mass is 19.1. The van der Waals surface area contributed by atoms with Crippen LogP contribution in [0, 0.1) is 11.7 Å². The Balaban J connectivity index is 2.18. The zero-order valence-corrected chi connectivity index (χ0v) is 10.6. The summed E-state index contributed by atoms with van der Waals surface area (Å²) in [6, 6.07) is 6.12. The third kappa shape index (κ3) is 2.88. The highest BCUT2D eigenvalue weighted by molar-refractivity contribution is 5.82. The smallest absolute Gasteiger partial charge is 0.225 e. The first-order valence-corrected chi connectivity index (χ1v) is 6.31. The lowest BCUT2D eigenvalue weighted by molar-refractivity contribution is -0.121. The Bertz CT molecular complexity index is 410. The summed E-state index contributed by atoms with van der Waals surface area (Å²) in [5.74, 6) is -0.620. The minimum Gasteiger partial charge on any atom is -0.369 e. The summed E-state index contributed by atoms with van der Waals surface area (Å²) in [5, 5.41) is 0. The van der Waals surface area contributed by atoms with E-state index < -0.39 is 0 Å². The molecule has 0 bridgehead atoms. The molecule has 1 aliphatic heterocycles. The molecule has 98 valence electrons. The van der Waals surface area contributed by atoms with Gasteiger partial charge in [-0.2, -0.15) is 0 Å². The zero-order valence-electron chi connectivity index (χ0n) is 10.6. The number of rotatable bonds is 3. The van der Waals surface area contributed by atoms with Crippen molar-refractivity contribution in [3.8, 4) is 0 Å². The van der Waals surface area contributed by atoms with E-state index in [2.05, 4.69) is 11.9 Å². The van der Waals surface area contributed by atoms with Crippen LogP contribution in [0.25, 0.3) is 0 Å². The molecule has 2 N–H and O–H groups in total. The average Bonchev–Trinajstić information content (AvgIpc) is 2.34. The molecule has 4 heteroatoms. The molecule has 18 heavy (non-hydrogen) atoms. The van der Waals surface area contributed by atoms with E-state index in [9.17, 15) is 9.18 Å². The van der Waals surface area contributed by atoms with Gasteiger partial charge in [-0.15, -0.1) is 0 Å². The van der Waals surface area contributed by atoms with E-state index in [1.807, 2.05) is 0 Å². The van der Waals surface area contributed by atoms with E-state index in [1.165, 1.54) is 12.1 Å². The van der Waals surface area contributed by atoms with Crippen LogP contribution >= 0.6 is 0 Å². The molecule has 3 nitrogen and oxygen atoms in total. The third-order valence-corrected chi connectivity index (χ3v) is 3.77. The molecule has 1 aromatic carbocycles. The first kappa shape index (κ1) is 13.0. The molecular formula is C14H19FN2O. The largest absolute Gasteiger partial charge is 0.369 e. The van der Waals surface area contributed by atoms with Crippen LogP contribution in [-0.2, 0) is 4.79 Å². The predicted octanol–water partition coefficient (Wildman–Crippen LogP) is 1.74. The Morgan fingerprint density at radius 3 is 2.39 bits per heavy atom. The average molecular weight is 250 g/mol. The molecule has 1 unspecified atom stereocenters. The van der Waals surface area contributed by atoms with Crippen molar-refractivity contribution in [1.82, 2.24) is 4.90 Å². The lowest BCUT2D eigenvalue weighted by Crippen LogP contribution is -2.37. The van der Waals surface area contributed by atoms with E-state index in [0.29, 0.717) is 0 Å². The summed E-state index contributed by atoms with van der Waals surface area (Å²) in [4.78, 5) is 13.9. The molecule has 0 radical (unpaired) electrons. The fraction of sp³-hybridized carbons (Fsp3) is 0.500. The van der Waals surface area contributed by atoms with Crippen LogP contribution in [0.4, 0.5) is 4.39 Å². The lowest BCUT2D eigenvalue weighted by Gasteiger charge is -2.33. The van der Waals surface area contributed by atoms with Gasteiger partial charge >= 0.3 is 0 Å². The number of piperidine rings is 1. The molecule has 1 fully saturated rings. The zero-order chi connectivity index (χ0) is 13.1. The van der Waals surface area contributed by atoms with Crippen molar-refractivity contribution in [2.45, 2.75) is 18.8 Å². The second-order valence-corrected chi connectivity index (χ2v) is 5.07. The molecular weight excluding hydrogens is 231 g/mol. The number of carbonyl (C=O) groups is 1. The van der Waals surface area contributed by atoms with Gasteiger partial charge in [0.1, 0.15) is 5.82 Å². The second-order valence-electron chi connectivity index (χ2n) is 5.07. The normalized spacial score (nSPS) is 19.7. The Labute approximate surface area is 107 Å². The molecule has 2 rings (SSSR count). The van der Waals surface area contributed by atoms with Gasteiger partial charge in [0, 0.05) is 0 Å². The van der Waals surface area contributed by atoms with Crippen LogP contribution in [-0.4, -0.2) is 30.9 Å². The summed E-state index contributed by atoms with van der Waals surface area (Å²) in [5.41, 5.74) is 6.36. The van der Waals surface area contributed by atoms with Gasteiger partial charge in [0.2, 0.25) is 5.91 Å². The standard InChI is InChI=1S/C14H19FN2O/c1-17-8-6-11(7-9-17)13(14(16)18)10-2-4-12(15)5-3-10/h2-5,11,13H,6-9H2,1H3,(H2,16,18). The number of benzene rings is 1. The number of likely N-dealkylation sites (tertiary alicyclic amines) is 1. The van der Waals surface area contributed by atoms with E-state index in [1.54, 1.807) is 12.1 Å². The number of hydrogen-bond donors (Lipinski definition) is 1. The van der Waals surface area contributed by atoms with Crippen molar-refractivity contribution >= 4 is 5.91 Å². The van der Waals surface area contributed by atoms with Crippen molar-refractivity contribution in [3.05, 3.63) is 35.6 Å². The summed E-state index contributed by atoms with van der Waals surface area (Å²) >= 11 is 0. The summed E-state index contributed by atoms with van der Waals surface area (Å²) in [6.07, 6.45) is 1.92. The van der Waals surface area contributed by atoms with Crippen molar-refractivity contribution in [2.75, 3.05) is 20.1 Å². The number of primary amides is 1. The Morgan fingerprint density at radius 2 is 1.89 bits per heavy atom.